The Hall–Kier alpha value is -1.23. The number of rotatable bonds is 5. The molecule has 2 unspecified atom stereocenters. The van der Waals surface area contributed by atoms with Gasteiger partial charge in [-0.15, -0.1) is 0 Å². The predicted octanol–water partition coefficient (Wildman–Crippen LogP) is 1.96. The summed E-state index contributed by atoms with van der Waals surface area (Å²) in [5.41, 5.74) is 6.11. The van der Waals surface area contributed by atoms with Gasteiger partial charge >= 0.3 is 0 Å². The Morgan fingerprint density at radius 3 is 2.81 bits per heavy atom. The highest BCUT2D eigenvalue weighted by Crippen LogP contribution is 2.11. The van der Waals surface area contributed by atoms with Crippen LogP contribution in [-0.4, -0.2) is 21.0 Å². The summed E-state index contributed by atoms with van der Waals surface area (Å²) >= 11 is 4.87. The first-order chi connectivity index (χ1) is 7.54. The molecule has 88 valence electrons. The molecule has 2 atom stereocenters. The van der Waals surface area contributed by atoms with Crippen molar-refractivity contribution in [1.82, 2.24) is 9.97 Å². The molecule has 0 amide bonds. The van der Waals surface area contributed by atoms with E-state index < -0.39 is 0 Å². The first-order valence-electron chi connectivity index (χ1n) is 5.44. The quantitative estimate of drug-likeness (QED) is 0.768. The molecule has 0 saturated carbocycles. The van der Waals surface area contributed by atoms with E-state index in [0.717, 1.165) is 6.42 Å². The summed E-state index contributed by atoms with van der Waals surface area (Å²) in [4.78, 5) is 8.67. The largest absolute Gasteiger partial charge is 0.388 e. The standard InChI is InChI=1S/C11H18N4S/c1-4-7(2)8(3)14-11-13-6-5-9(15-11)10(12)16/h5-8H,4H2,1-3H3,(H2,12,16)(H,13,14,15). The molecule has 0 saturated heterocycles. The van der Waals surface area contributed by atoms with Crippen LogP contribution in [-0.2, 0) is 0 Å². The average molecular weight is 238 g/mol. The maximum absolute atomic E-state index is 5.51. The van der Waals surface area contributed by atoms with Crippen molar-refractivity contribution in [2.45, 2.75) is 33.2 Å². The molecule has 0 aliphatic heterocycles. The van der Waals surface area contributed by atoms with Gasteiger partial charge in [0.2, 0.25) is 5.95 Å². The molecule has 3 N–H and O–H groups in total. The van der Waals surface area contributed by atoms with Gasteiger partial charge < -0.3 is 11.1 Å². The zero-order valence-electron chi connectivity index (χ0n) is 9.90. The van der Waals surface area contributed by atoms with Gasteiger partial charge in [0.1, 0.15) is 10.7 Å². The summed E-state index contributed by atoms with van der Waals surface area (Å²) in [7, 11) is 0. The topological polar surface area (TPSA) is 63.8 Å². The van der Waals surface area contributed by atoms with Crippen molar-refractivity contribution in [2.75, 3.05) is 5.32 Å². The molecule has 0 aliphatic rings. The first kappa shape index (κ1) is 12.8. The van der Waals surface area contributed by atoms with Crippen LogP contribution in [0, 0.1) is 5.92 Å². The molecule has 5 heteroatoms. The molecule has 1 heterocycles. The number of aromatic nitrogens is 2. The van der Waals surface area contributed by atoms with Crippen LogP contribution in [0.5, 0.6) is 0 Å². The lowest BCUT2D eigenvalue weighted by molar-refractivity contribution is 0.492. The minimum absolute atomic E-state index is 0.293. The maximum Gasteiger partial charge on any atom is 0.223 e. The Morgan fingerprint density at radius 1 is 1.56 bits per heavy atom. The highest BCUT2D eigenvalue weighted by molar-refractivity contribution is 7.80. The zero-order valence-corrected chi connectivity index (χ0v) is 10.7. The van der Waals surface area contributed by atoms with E-state index in [1.807, 2.05) is 0 Å². The van der Waals surface area contributed by atoms with Gasteiger partial charge in [0.05, 0.1) is 0 Å². The summed E-state index contributed by atoms with van der Waals surface area (Å²) in [5, 5.41) is 3.25. The first-order valence-corrected chi connectivity index (χ1v) is 5.84. The normalized spacial score (nSPS) is 14.2. The van der Waals surface area contributed by atoms with Crippen molar-refractivity contribution in [3.8, 4) is 0 Å². The second kappa shape index (κ2) is 5.75. The van der Waals surface area contributed by atoms with Crippen molar-refractivity contribution < 1.29 is 0 Å². The SMILES string of the molecule is CCC(C)C(C)Nc1nccc(C(N)=S)n1. The van der Waals surface area contributed by atoms with Gasteiger partial charge in [0.15, 0.2) is 0 Å². The number of hydrogen-bond donors (Lipinski definition) is 2. The Labute approximate surface area is 102 Å². The predicted molar refractivity (Wildman–Crippen MR) is 70.5 cm³/mol. The molecule has 0 fully saturated rings. The second-order valence-electron chi connectivity index (χ2n) is 3.95. The molecule has 1 aromatic rings. The minimum Gasteiger partial charge on any atom is -0.388 e. The number of anilines is 1. The molecule has 0 spiro atoms. The van der Waals surface area contributed by atoms with E-state index in [0.29, 0.717) is 28.6 Å². The number of thiocarbonyl (C=S) groups is 1. The highest BCUT2D eigenvalue weighted by atomic mass is 32.1. The lowest BCUT2D eigenvalue weighted by atomic mass is 10.0. The summed E-state index contributed by atoms with van der Waals surface area (Å²) in [5.74, 6) is 1.15. The second-order valence-corrected chi connectivity index (χ2v) is 4.39. The Bertz CT molecular complexity index is 367. The van der Waals surface area contributed by atoms with Crippen LogP contribution in [0.1, 0.15) is 32.9 Å². The number of nitrogens with two attached hydrogens (primary N) is 1. The summed E-state index contributed by atoms with van der Waals surface area (Å²) in [6.45, 7) is 6.47. The van der Waals surface area contributed by atoms with Crippen LogP contribution in [0.4, 0.5) is 5.95 Å². The van der Waals surface area contributed by atoms with Gasteiger partial charge in [-0.3, -0.25) is 0 Å². The third-order valence-corrected chi connectivity index (χ3v) is 2.97. The van der Waals surface area contributed by atoms with Crippen LogP contribution in [0.25, 0.3) is 0 Å². The Kier molecular flexibility index (Phi) is 4.61. The maximum atomic E-state index is 5.51. The monoisotopic (exact) mass is 238 g/mol. The van der Waals surface area contributed by atoms with Crippen LogP contribution < -0.4 is 11.1 Å². The van der Waals surface area contributed by atoms with Crippen LogP contribution in [0.3, 0.4) is 0 Å². The third-order valence-electron chi connectivity index (χ3n) is 2.76. The van der Waals surface area contributed by atoms with E-state index in [2.05, 4.69) is 36.1 Å². The van der Waals surface area contributed by atoms with E-state index in [1.165, 1.54) is 0 Å². The molecule has 0 radical (unpaired) electrons. The van der Waals surface area contributed by atoms with E-state index in [9.17, 15) is 0 Å². The van der Waals surface area contributed by atoms with E-state index in [-0.39, 0.29) is 0 Å². The van der Waals surface area contributed by atoms with Gasteiger partial charge in [-0.25, -0.2) is 9.97 Å². The van der Waals surface area contributed by atoms with Crippen molar-refractivity contribution in [1.29, 1.82) is 0 Å². The van der Waals surface area contributed by atoms with Gasteiger partial charge in [-0.2, -0.15) is 0 Å². The minimum atomic E-state index is 0.293. The molecule has 0 aliphatic carbocycles. The Morgan fingerprint density at radius 2 is 2.25 bits per heavy atom. The lowest BCUT2D eigenvalue weighted by Gasteiger charge is -2.19. The van der Waals surface area contributed by atoms with E-state index in [1.54, 1.807) is 12.3 Å². The number of nitrogens with zero attached hydrogens (tertiary/aromatic N) is 2. The Balaban J connectivity index is 2.74. The van der Waals surface area contributed by atoms with Gasteiger partial charge in [0, 0.05) is 12.2 Å². The molecule has 16 heavy (non-hydrogen) atoms. The molecular weight excluding hydrogens is 220 g/mol. The molecular formula is C11H18N4S. The highest BCUT2D eigenvalue weighted by Gasteiger charge is 2.11. The lowest BCUT2D eigenvalue weighted by Crippen LogP contribution is -2.25. The van der Waals surface area contributed by atoms with Crippen LogP contribution >= 0.6 is 12.2 Å². The van der Waals surface area contributed by atoms with Crippen LogP contribution in [0.2, 0.25) is 0 Å². The molecule has 4 nitrogen and oxygen atoms in total. The van der Waals surface area contributed by atoms with Gasteiger partial charge in [-0.05, 0) is 18.9 Å². The number of hydrogen-bond acceptors (Lipinski definition) is 4. The fraction of sp³-hybridized carbons (Fsp3) is 0.545. The molecule has 0 bridgehead atoms. The van der Waals surface area contributed by atoms with E-state index >= 15 is 0 Å². The molecule has 1 rings (SSSR count). The fourth-order valence-corrected chi connectivity index (χ4v) is 1.38. The molecule has 0 aromatic carbocycles. The average Bonchev–Trinajstić information content (AvgIpc) is 2.28. The van der Waals surface area contributed by atoms with Crippen molar-refractivity contribution in [3.63, 3.8) is 0 Å². The summed E-state index contributed by atoms with van der Waals surface area (Å²) in [6.07, 6.45) is 2.77. The summed E-state index contributed by atoms with van der Waals surface area (Å²) < 4.78 is 0. The van der Waals surface area contributed by atoms with E-state index in [4.69, 9.17) is 18.0 Å². The molecule has 1 aromatic heterocycles. The van der Waals surface area contributed by atoms with Crippen LogP contribution in [0.15, 0.2) is 12.3 Å². The van der Waals surface area contributed by atoms with Crippen molar-refractivity contribution >= 4 is 23.2 Å². The van der Waals surface area contributed by atoms with Gasteiger partial charge in [0.25, 0.3) is 0 Å². The fourth-order valence-electron chi connectivity index (χ4n) is 1.26. The summed E-state index contributed by atoms with van der Waals surface area (Å²) in [6, 6.07) is 2.04. The van der Waals surface area contributed by atoms with Gasteiger partial charge in [-0.1, -0.05) is 32.5 Å². The van der Waals surface area contributed by atoms with Crippen molar-refractivity contribution in [3.05, 3.63) is 18.0 Å². The smallest absolute Gasteiger partial charge is 0.223 e. The van der Waals surface area contributed by atoms with Crippen molar-refractivity contribution in [2.24, 2.45) is 11.7 Å². The zero-order chi connectivity index (χ0) is 12.1. The number of nitrogens with one attached hydrogen (secondary N) is 1. The third kappa shape index (κ3) is 3.41.